The molecule has 7 heteroatoms. The van der Waals surface area contributed by atoms with Crippen LogP contribution in [-0.4, -0.2) is 12.7 Å². The van der Waals surface area contributed by atoms with Crippen molar-refractivity contribution in [3.63, 3.8) is 0 Å². The van der Waals surface area contributed by atoms with Crippen LogP contribution in [0.15, 0.2) is 58.7 Å². The largest absolute Gasteiger partial charge is 0.454 e. The molecule has 0 aromatic heterocycles. The summed E-state index contributed by atoms with van der Waals surface area (Å²) in [4.78, 5) is 12.2. The first-order valence-corrected chi connectivity index (χ1v) is 8.25. The predicted octanol–water partition coefficient (Wildman–Crippen LogP) is 3.31. The first-order chi connectivity index (χ1) is 12.2. The fraction of sp³-hybridized carbons (Fsp3) is 0.111. The molecule has 0 aliphatic carbocycles. The third-order valence-corrected chi connectivity index (χ3v) is 4.19. The predicted molar refractivity (Wildman–Crippen MR) is 95.9 cm³/mol. The Morgan fingerprint density at radius 1 is 1.24 bits per heavy atom. The average Bonchev–Trinajstić information content (AvgIpc) is 3.09. The van der Waals surface area contributed by atoms with E-state index in [1.165, 1.54) is 6.20 Å². The number of nitriles is 1. The van der Waals surface area contributed by atoms with Gasteiger partial charge in [0.15, 0.2) is 11.5 Å². The average molecular weight is 400 g/mol. The molecule has 3 rings (SSSR count). The van der Waals surface area contributed by atoms with E-state index in [4.69, 9.17) is 9.47 Å². The van der Waals surface area contributed by atoms with Crippen molar-refractivity contribution in [3.8, 4) is 17.6 Å². The number of nitrogens with one attached hydrogen (secondary N) is 2. The van der Waals surface area contributed by atoms with E-state index in [2.05, 4.69) is 26.6 Å². The van der Waals surface area contributed by atoms with Crippen molar-refractivity contribution < 1.29 is 14.3 Å². The van der Waals surface area contributed by atoms with Gasteiger partial charge in [-0.1, -0.05) is 18.2 Å². The van der Waals surface area contributed by atoms with Gasteiger partial charge in [-0.2, -0.15) is 5.26 Å². The van der Waals surface area contributed by atoms with Crippen LogP contribution >= 0.6 is 15.9 Å². The van der Waals surface area contributed by atoms with Crippen molar-refractivity contribution >= 4 is 27.5 Å². The molecule has 25 heavy (non-hydrogen) atoms. The Kier molecular flexibility index (Phi) is 5.21. The minimum atomic E-state index is -0.459. The fourth-order valence-corrected chi connectivity index (χ4v) is 2.60. The molecule has 1 aliphatic heterocycles. The molecule has 126 valence electrons. The van der Waals surface area contributed by atoms with Crippen molar-refractivity contribution in [1.82, 2.24) is 5.32 Å². The molecular weight excluding hydrogens is 386 g/mol. The minimum Gasteiger partial charge on any atom is -0.454 e. The molecule has 2 N–H and O–H groups in total. The highest BCUT2D eigenvalue weighted by Crippen LogP contribution is 2.32. The number of benzene rings is 2. The summed E-state index contributed by atoms with van der Waals surface area (Å²) in [6.45, 7) is 0.483. The van der Waals surface area contributed by atoms with Crippen LogP contribution in [-0.2, 0) is 11.3 Å². The summed E-state index contributed by atoms with van der Waals surface area (Å²) in [5.74, 6) is 0.878. The van der Waals surface area contributed by atoms with E-state index in [1.807, 2.05) is 36.4 Å². The number of nitrogens with zero attached hydrogens (tertiary/aromatic N) is 1. The van der Waals surface area contributed by atoms with E-state index >= 15 is 0 Å². The Labute approximate surface area is 153 Å². The number of hydrogen-bond acceptors (Lipinski definition) is 5. The molecule has 6 nitrogen and oxygen atoms in total. The number of hydrogen-bond donors (Lipinski definition) is 2. The third-order valence-electron chi connectivity index (χ3n) is 3.50. The zero-order valence-corrected chi connectivity index (χ0v) is 14.7. The van der Waals surface area contributed by atoms with Gasteiger partial charge in [-0.3, -0.25) is 4.79 Å². The Morgan fingerprint density at radius 3 is 2.84 bits per heavy atom. The molecule has 0 fully saturated rings. The lowest BCUT2D eigenvalue weighted by atomic mass is 10.2. The van der Waals surface area contributed by atoms with Crippen molar-refractivity contribution in [2.45, 2.75) is 6.54 Å². The maximum atomic E-state index is 12.2. The highest BCUT2D eigenvalue weighted by Gasteiger charge is 2.14. The van der Waals surface area contributed by atoms with Gasteiger partial charge in [0.05, 0.1) is 5.69 Å². The number of amides is 1. The smallest absolute Gasteiger partial charge is 0.263 e. The van der Waals surface area contributed by atoms with Gasteiger partial charge in [0.2, 0.25) is 6.79 Å². The summed E-state index contributed by atoms with van der Waals surface area (Å²) < 4.78 is 11.4. The van der Waals surface area contributed by atoms with Gasteiger partial charge in [-0.25, -0.2) is 0 Å². The molecule has 1 amide bonds. The normalized spacial score (nSPS) is 12.4. The second-order valence-electron chi connectivity index (χ2n) is 5.16. The molecule has 2 aromatic rings. The van der Waals surface area contributed by atoms with Crippen LogP contribution in [0.25, 0.3) is 0 Å². The maximum Gasteiger partial charge on any atom is 0.263 e. The molecule has 2 aromatic carbocycles. The van der Waals surface area contributed by atoms with Crippen molar-refractivity contribution in [1.29, 1.82) is 5.26 Å². The first kappa shape index (κ1) is 16.9. The topological polar surface area (TPSA) is 83.4 Å². The molecule has 0 saturated carbocycles. The number of rotatable bonds is 5. The van der Waals surface area contributed by atoms with Crippen molar-refractivity contribution in [2.75, 3.05) is 12.1 Å². The van der Waals surface area contributed by atoms with Crippen LogP contribution in [0.4, 0.5) is 5.69 Å². The minimum absolute atomic E-state index is 0.0171. The van der Waals surface area contributed by atoms with E-state index in [1.54, 1.807) is 12.1 Å². The lowest BCUT2D eigenvalue weighted by molar-refractivity contribution is -0.117. The Hall–Kier alpha value is -2.98. The summed E-state index contributed by atoms with van der Waals surface area (Å²) in [5.41, 5.74) is 1.60. The van der Waals surface area contributed by atoms with Gasteiger partial charge in [-0.15, -0.1) is 0 Å². The molecule has 0 unspecified atom stereocenters. The summed E-state index contributed by atoms with van der Waals surface area (Å²) in [6, 6.07) is 14.8. The Balaban J connectivity index is 1.62. The van der Waals surface area contributed by atoms with Crippen molar-refractivity contribution in [2.24, 2.45) is 0 Å². The standard InChI is InChI=1S/C18H14BrN3O3/c19-14-3-1-2-4-15(14)21-10-13(8-20)18(23)22-9-12-5-6-16-17(7-12)25-11-24-16/h1-7,10,21H,9,11H2,(H,22,23)/b13-10-. The number of para-hydroxylation sites is 1. The Bertz CT molecular complexity index is 874. The molecule has 1 aliphatic rings. The van der Waals surface area contributed by atoms with Crippen LogP contribution in [0, 0.1) is 11.3 Å². The maximum absolute atomic E-state index is 12.2. The second-order valence-corrected chi connectivity index (χ2v) is 6.02. The molecule has 0 spiro atoms. The number of ether oxygens (including phenoxy) is 2. The molecular formula is C18H14BrN3O3. The van der Waals surface area contributed by atoms with Gasteiger partial charge >= 0.3 is 0 Å². The third kappa shape index (κ3) is 4.11. The second kappa shape index (κ2) is 7.73. The summed E-state index contributed by atoms with van der Waals surface area (Å²) >= 11 is 3.39. The van der Waals surface area contributed by atoms with Gasteiger partial charge in [-0.05, 0) is 45.8 Å². The summed E-state index contributed by atoms with van der Waals surface area (Å²) in [5, 5.41) is 14.9. The number of carbonyl (C=O) groups is 1. The molecule has 0 radical (unpaired) electrons. The van der Waals surface area contributed by atoms with Gasteiger partial charge in [0.25, 0.3) is 5.91 Å². The van der Waals surface area contributed by atoms with E-state index in [9.17, 15) is 10.1 Å². The monoisotopic (exact) mass is 399 g/mol. The number of fused-ring (bicyclic) bond motifs is 1. The molecule has 0 atom stereocenters. The number of anilines is 1. The van der Waals surface area contributed by atoms with Gasteiger partial charge in [0, 0.05) is 17.2 Å². The zero-order valence-electron chi connectivity index (χ0n) is 13.1. The van der Waals surface area contributed by atoms with E-state index in [0.29, 0.717) is 11.5 Å². The van der Waals surface area contributed by atoms with E-state index in [-0.39, 0.29) is 18.9 Å². The van der Waals surface area contributed by atoms with Gasteiger partial charge < -0.3 is 20.1 Å². The summed E-state index contributed by atoms with van der Waals surface area (Å²) in [7, 11) is 0. The first-order valence-electron chi connectivity index (χ1n) is 7.45. The quantitative estimate of drug-likeness (QED) is 0.595. The SMILES string of the molecule is N#C/C(=C/Nc1ccccc1Br)C(=O)NCc1ccc2c(c1)OCO2. The van der Waals surface area contributed by atoms with E-state index < -0.39 is 5.91 Å². The van der Waals surface area contributed by atoms with Gasteiger partial charge in [0.1, 0.15) is 11.6 Å². The van der Waals surface area contributed by atoms with Crippen LogP contribution in [0.1, 0.15) is 5.56 Å². The van der Waals surface area contributed by atoms with Crippen LogP contribution in [0.5, 0.6) is 11.5 Å². The van der Waals surface area contributed by atoms with E-state index in [0.717, 1.165) is 15.7 Å². The number of halogens is 1. The highest BCUT2D eigenvalue weighted by molar-refractivity contribution is 9.10. The highest BCUT2D eigenvalue weighted by atomic mass is 79.9. The fourth-order valence-electron chi connectivity index (χ4n) is 2.21. The van der Waals surface area contributed by atoms with Crippen LogP contribution in [0.2, 0.25) is 0 Å². The summed E-state index contributed by atoms with van der Waals surface area (Å²) in [6.07, 6.45) is 1.38. The van der Waals surface area contributed by atoms with Crippen LogP contribution < -0.4 is 20.1 Å². The number of carbonyl (C=O) groups excluding carboxylic acids is 1. The van der Waals surface area contributed by atoms with Crippen LogP contribution in [0.3, 0.4) is 0 Å². The lowest BCUT2D eigenvalue weighted by Crippen LogP contribution is -2.24. The Morgan fingerprint density at radius 2 is 2.04 bits per heavy atom. The molecule has 0 bridgehead atoms. The molecule has 0 saturated heterocycles. The molecule has 1 heterocycles. The lowest BCUT2D eigenvalue weighted by Gasteiger charge is -2.07. The van der Waals surface area contributed by atoms with Crippen molar-refractivity contribution in [3.05, 3.63) is 64.3 Å². The zero-order chi connectivity index (χ0) is 17.6.